The summed E-state index contributed by atoms with van der Waals surface area (Å²) in [6.07, 6.45) is 2.83. The van der Waals surface area contributed by atoms with Crippen molar-refractivity contribution in [2.24, 2.45) is 0 Å². The molecule has 0 radical (unpaired) electrons. The summed E-state index contributed by atoms with van der Waals surface area (Å²) in [7, 11) is 0. The van der Waals surface area contributed by atoms with Crippen molar-refractivity contribution in [1.82, 2.24) is 20.3 Å². The number of anilines is 3. The molecule has 35 heavy (non-hydrogen) atoms. The molecule has 4 rings (SSSR count). The molecule has 1 unspecified atom stereocenters. The van der Waals surface area contributed by atoms with Gasteiger partial charge in [0, 0.05) is 49.2 Å². The van der Waals surface area contributed by atoms with Crippen molar-refractivity contribution in [2.45, 2.75) is 44.5 Å². The summed E-state index contributed by atoms with van der Waals surface area (Å²) in [6.45, 7) is 3.54. The number of halogens is 2. The second kappa shape index (κ2) is 10.4. The Morgan fingerprint density at radius 3 is 2.74 bits per heavy atom. The van der Waals surface area contributed by atoms with E-state index in [1.165, 1.54) is 32.2 Å². The van der Waals surface area contributed by atoms with Gasteiger partial charge in [0.05, 0.1) is 28.9 Å². The lowest BCUT2D eigenvalue weighted by Crippen LogP contribution is -2.42. The quantitative estimate of drug-likeness (QED) is 0.383. The van der Waals surface area contributed by atoms with E-state index in [2.05, 4.69) is 30.9 Å². The van der Waals surface area contributed by atoms with Gasteiger partial charge >= 0.3 is 0 Å². The van der Waals surface area contributed by atoms with Crippen molar-refractivity contribution in [1.29, 1.82) is 0 Å². The second-order valence-electron chi connectivity index (χ2n) is 9.00. The predicted octanol–water partition coefficient (Wildman–Crippen LogP) is 3.34. The number of alkyl halides is 1. The highest BCUT2D eigenvalue weighted by Crippen LogP contribution is 2.24. The smallest absolute Gasteiger partial charge is 0.255 e. The summed E-state index contributed by atoms with van der Waals surface area (Å²) in [5.74, 6) is -0.344. The van der Waals surface area contributed by atoms with E-state index in [9.17, 15) is 18.7 Å². The largest absolute Gasteiger partial charge is 0.387 e. The third-order valence-electron chi connectivity index (χ3n) is 5.72. The van der Waals surface area contributed by atoms with E-state index < -0.39 is 23.5 Å². The number of aliphatic hydroxyl groups is 1. The summed E-state index contributed by atoms with van der Waals surface area (Å²) < 4.78 is 33.1. The fraction of sp³-hybridized carbons (Fsp3) is 0.417. The van der Waals surface area contributed by atoms with Gasteiger partial charge in [0.15, 0.2) is 0 Å². The van der Waals surface area contributed by atoms with Crippen LogP contribution >= 0.6 is 0 Å². The third-order valence-corrected chi connectivity index (χ3v) is 5.72. The Kier molecular flexibility index (Phi) is 7.37. The number of nitrogens with one attached hydrogen (secondary N) is 3. The van der Waals surface area contributed by atoms with Crippen LogP contribution in [0.25, 0.3) is 10.9 Å². The zero-order valence-corrected chi connectivity index (χ0v) is 19.5. The monoisotopic (exact) mass is 486 g/mol. The summed E-state index contributed by atoms with van der Waals surface area (Å²) in [6, 6.07) is 5.97. The average Bonchev–Trinajstić information content (AvgIpc) is 2.82. The van der Waals surface area contributed by atoms with Crippen LogP contribution in [0.2, 0.25) is 0 Å². The minimum absolute atomic E-state index is 0.0794. The average molecular weight is 487 g/mol. The summed E-state index contributed by atoms with van der Waals surface area (Å²) in [4.78, 5) is 25.7. The highest BCUT2D eigenvalue weighted by atomic mass is 19.1. The molecular weight excluding hydrogens is 458 g/mol. The van der Waals surface area contributed by atoms with Crippen LogP contribution in [-0.4, -0.2) is 63.5 Å². The highest BCUT2D eigenvalue weighted by Gasteiger charge is 2.27. The first-order valence-electron chi connectivity index (χ1n) is 11.4. The van der Waals surface area contributed by atoms with Crippen LogP contribution in [-0.2, 0) is 4.74 Å². The van der Waals surface area contributed by atoms with Crippen LogP contribution in [0.3, 0.4) is 0 Å². The van der Waals surface area contributed by atoms with Crippen molar-refractivity contribution in [3.63, 3.8) is 0 Å². The van der Waals surface area contributed by atoms with Gasteiger partial charge in [-0.3, -0.25) is 4.79 Å². The molecule has 3 heterocycles. The van der Waals surface area contributed by atoms with E-state index in [1.54, 1.807) is 18.3 Å². The molecule has 2 aromatic heterocycles. The van der Waals surface area contributed by atoms with Crippen molar-refractivity contribution in [3.05, 3.63) is 48.0 Å². The number of carbonyl (C=O) groups is 1. The number of rotatable bonds is 8. The van der Waals surface area contributed by atoms with Gasteiger partial charge in [-0.2, -0.15) is 0 Å². The summed E-state index contributed by atoms with van der Waals surface area (Å²) >= 11 is 0. The predicted molar refractivity (Wildman–Crippen MR) is 128 cm³/mol. The molecule has 1 saturated heterocycles. The second-order valence-corrected chi connectivity index (χ2v) is 9.00. The van der Waals surface area contributed by atoms with Crippen molar-refractivity contribution in [3.8, 4) is 0 Å². The Hall–Kier alpha value is -3.44. The number of carbonyl (C=O) groups excluding carboxylic acids is 1. The number of nitrogens with zero attached hydrogens (tertiary/aromatic N) is 3. The Morgan fingerprint density at radius 1 is 1.23 bits per heavy atom. The lowest BCUT2D eigenvalue weighted by atomic mass is 10.0. The van der Waals surface area contributed by atoms with Crippen LogP contribution < -0.4 is 16.0 Å². The van der Waals surface area contributed by atoms with Gasteiger partial charge < -0.3 is 25.8 Å². The number of hydrogen-bond donors (Lipinski definition) is 4. The molecular formula is C24H28F2N6O3. The third kappa shape index (κ3) is 6.37. The molecule has 1 aliphatic heterocycles. The normalized spacial score (nSPS) is 15.6. The molecule has 1 amide bonds. The standard InChI is InChI=1S/C24H28F2N6O3/c1-24(2,34)20(26)13-28-22(33)17-12-27-21(10-19(17)30-16-5-7-35-8-6-16)32-23-29-11-14-3-4-15(25)9-18(14)31-23/h3-4,9-12,16,20,34H,5-8,13H2,1-2H3,(H,28,33)(H2,27,29,30,31,32). The van der Waals surface area contributed by atoms with Gasteiger partial charge in [-0.1, -0.05) is 0 Å². The molecule has 9 nitrogen and oxygen atoms in total. The van der Waals surface area contributed by atoms with Crippen LogP contribution in [0.4, 0.5) is 26.2 Å². The molecule has 1 atom stereocenters. The van der Waals surface area contributed by atoms with Gasteiger partial charge in [0.1, 0.15) is 17.8 Å². The Morgan fingerprint density at radius 2 is 2.00 bits per heavy atom. The maximum absolute atomic E-state index is 14.1. The van der Waals surface area contributed by atoms with Crippen LogP contribution in [0.1, 0.15) is 37.0 Å². The zero-order chi connectivity index (χ0) is 25.0. The Labute approximate surface area is 201 Å². The molecule has 1 fully saturated rings. The maximum Gasteiger partial charge on any atom is 0.255 e. The molecule has 0 saturated carbocycles. The first kappa shape index (κ1) is 24.7. The van der Waals surface area contributed by atoms with E-state index in [-0.39, 0.29) is 24.1 Å². The van der Waals surface area contributed by atoms with Gasteiger partial charge in [0.2, 0.25) is 5.95 Å². The molecule has 0 bridgehead atoms. The number of fused-ring (bicyclic) bond motifs is 1. The van der Waals surface area contributed by atoms with E-state index >= 15 is 0 Å². The molecule has 186 valence electrons. The molecule has 0 aliphatic carbocycles. The van der Waals surface area contributed by atoms with Crippen molar-refractivity contribution < 1.29 is 23.4 Å². The molecule has 3 aromatic rings. The van der Waals surface area contributed by atoms with E-state index in [4.69, 9.17) is 4.74 Å². The topological polar surface area (TPSA) is 121 Å². The molecule has 1 aromatic carbocycles. The fourth-order valence-corrected chi connectivity index (χ4v) is 3.58. The molecule has 0 spiro atoms. The van der Waals surface area contributed by atoms with E-state index in [0.29, 0.717) is 35.6 Å². The molecule has 1 aliphatic rings. The molecule has 4 N–H and O–H groups in total. The van der Waals surface area contributed by atoms with Crippen LogP contribution in [0, 0.1) is 5.82 Å². The number of aromatic nitrogens is 3. The lowest BCUT2D eigenvalue weighted by molar-refractivity contribution is -0.00177. The minimum Gasteiger partial charge on any atom is -0.387 e. The first-order chi connectivity index (χ1) is 16.7. The van der Waals surface area contributed by atoms with Gasteiger partial charge in [-0.25, -0.2) is 23.7 Å². The fourth-order valence-electron chi connectivity index (χ4n) is 3.58. The first-order valence-corrected chi connectivity index (χ1v) is 11.4. The zero-order valence-electron chi connectivity index (χ0n) is 19.5. The Balaban J connectivity index is 1.56. The van der Waals surface area contributed by atoms with Gasteiger partial charge in [0.25, 0.3) is 5.91 Å². The van der Waals surface area contributed by atoms with Gasteiger partial charge in [-0.15, -0.1) is 0 Å². The maximum atomic E-state index is 14.1. The number of ether oxygens (including phenoxy) is 1. The van der Waals surface area contributed by atoms with Gasteiger partial charge in [-0.05, 0) is 38.8 Å². The van der Waals surface area contributed by atoms with Crippen molar-refractivity contribution in [2.75, 3.05) is 30.4 Å². The van der Waals surface area contributed by atoms with Crippen molar-refractivity contribution >= 4 is 34.3 Å². The number of pyridine rings is 1. The van der Waals surface area contributed by atoms with E-state index in [1.807, 2.05) is 0 Å². The summed E-state index contributed by atoms with van der Waals surface area (Å²) in [5, 5.41) is 19.3. The minimum atomic E-state index is -1.64. The van der Waals surface area contributed by atoms with Crippen LogP contribution in [0.5, 0.6) is 0 Å². The highest BCUT2D eigenvalue weighted by molar-refractivity contribution is 6.00. The number of amides is 1. The number of hydrogen-bond acceptors (Lipinski definition) is 8. The van der Waals surface area contributed by atoms with E-state index in [0.717, 1.165) is 12.8 Å². The molecule has 11 heteroatoms. The van der Waals surface area contributed by atoms with Crippen LogP contribution in [0.15, 0.2) is 36.7 Å². The lowest BCUT2D eigenvalue weighted by Gasteiger charge is -2.26. The summed E-state index contributed by atoms with van der Waals surface area (Å²) in [5.41, 5.74) is -0.416. The SMILES string of the molecule is CC(C)(O)C(F)CNC(=O)c1cnc(Nc2ncc3ccc(F)cc3n2)cc1NC1CCOCC1. The number of benzene rings is 1. The Bertz CT molecular complexity index is 1200.